The molecule has 0 fully saturated rings. The second-order valence-electron chi connectivity index (χ2n) is 7.61. The van der Waals surface area contributed by atoms with E-state index >= 15 is 0 Å². The number of amides is 1. The van der Waals surface area contributed by atoms with Gasteiger partial charge in [-0.1, -0.05) is 50.2 Å². The van der Waals surface area contributed by atoms with Crippen LogP contribution in [-0.2, 0) is 13.1 Å². The standard InChI is InChI=1S/C25H26N4O2/c1-18(2)19-9-3-6-13-23(19)31-16-15-29-22-12-5-4-10-20(22)28-24(29)17-27-25(30)21-11-7-8-14-26-21/h3-14,18H,15-17H2,1-2H3,(H,27,30). The molecule has 0 radical (unpaired) electrons. The predicted molar refractivity (Wildman–Crippen MR) is 121 cm³/mol. The molecular formula is C25H26N4O2. The van der Waals surface area contributed by atoms with E-state index in [1.165, 1.54) is 5.56 Å². The van der Waals surface area contributed by atoms with Crippen molar-refractivity contribution in [2.45, 2.75) is 32.9 Å². The molecule has 6 heteroatoms. The Morgan fingerprint density at radius 2 is 1.81 bits per heavy atom. The van der Waals surface area contributed by atoms with Gasteiger partial charge in [-0.05, 0) is 41.8 Å². The second kappa shape index (κ2) is 9.43. The van der Waals surface area contributed by atoms with Gasteiger partial charge in [-0.3, -0.25) is 9.78 Å². The molecule has 2 heterocycles. The van der Waals surface area contributed by atoms with E-state index < -0.39 is 0 Å². The third-order valence-corrected chi connectivity index (χ3v) is 5.15. The molecular weight excluding hydrogens is 388 g/mol. The molecule has 6 nitrogen and oxygen atoms in total. The van der Waals surface area contributed by atoms with Gasteiger partial charge in [-0.25, -0.2) is 4.98 Å². The van der Waals surface area contributed by atoms with Crippen molar-refractivity contribution in [3.8, 4) is 5.75 Å². The number of para-hydroxylation sites is 3. The molecule has 2 aromatic carbocycles. The van der Waals surface area contributed by atoms with Gasteiger partial charge in [0.25, 0.3) is 5.91 Å². The largest absolute Gasteiger partial charge is 0.491 e. The van der Waals surface area contributed by atoms with Gasteiger partial charge in [0, 0.05) is 6.20 Å². The Kier molecular flexibility index (Phi) is 6.26. The van der Waals surface area contributed by atoms with Gasteiger partial charge in [-0.15, -0.1) is 0 Å². The van der Waals surface area contributed by atoms with Crippen LogP contribution in [0.3, 0.4) is 0 Å². The summed E-state index contributed by atoms with van der Waals surface area (Å²) in [5.74, 6) is 1.86. The molecule has 1 amide bonds. The van der Waals surface area contributed by atoms with Gasteiger partial charge in [0.1, 0.15) is 23.9 Å². The maximum Gasteiger partial charge on any atom is 0.270 e. The fraction of sp³-hybridized carbons (Fsp3) is 0.240. The van der Waals surface area contributed by atoms with E-state index in [1.807, 2.05) is 42.5 Å². The monoisotopic (exact) mass is 414 g/mol. The van der Waals surface area contributed by atoms with Crippen molar-refractivity contribution in [2.75, 3.05) is 6.61 Å². The number of fused-ring (bicyclic) bond motifs is 1. The lowest BCUT2D eigenvalue weighted by Crippen LogP contribution is -2.26. The van der Waals surface area contributed by atoms with Crippen LogP contribution >= 0.6 is 0 Å². The van der Waals surface area contributed by atoms with Crippen molar-refractivity contribution >= 4 is 16.9 Å². The molecule has 31 heavy (non-hydrogen) atoms. The van der Waals surface area contributed by atoms with Crippen molar-refractivity contribution in [3.05, 3.63) is 90.0 Å². The summed E-state index contributed by atoms with van der Waals surface area (Å²) < 4.78 is 8.23. The van der Waals surface area contributed by atoms with Gasteiger partial charge in [0.15, 0.2) is 0 Å². The molecule has 0 saturated carbocycles. The van der Waals surface area contributed by atoms with E-state index in [2.05, 4.69) is 34.8 Å². The Bertz CT molecular complexity index is 1170. The number of hydrogen-bond donors (Lipinski definition) is 1. The molecule has 0 aliphatic rings. The van der Waals surface area contributed by atoms with Gasteiger partial charge in [0.2, 0.25) is 0 Å². The second-order valence-corrected chi connectivity index (χ2v) is 7.61. The normalized spacial score (nSPS) is 11.1. The first kappa shape index (κ1) is 20.6. The first-order valence-corrected chi connectivity index (χ1v) is 10.5. The van der Waals surface area contributed by atoms with Gasteiger partial charge < -0.3 is 14.6 Å². The third-order valence-electron chi connectivity index (χ3n) is 5.15. The van der Waals surface area contributed by atoms with Crippen LogP contribution in [0.1, 0.15) is 41.6 Å². The van der Waals surface area contributed by atoms with E-state index in [0.29, 0.717) is 31.3 Å². The highest BCUT2D eigenvalue weighted by Crippen LogP contribution is 2.26. The third kappa shape index (κ3) is 4.74. The molecule has 1 N–H and O–H groups in total. The van der Waals surface area contributed by atoms with Crippen LogP contribution in [-0.4, -0.2) is 27.0 Å². The molecule has 0 aliphatic heterocycles. The fourth-order valence-electron chi connectivity index (χ4n) is 3.59. The summed E-state index contributed by atoms with van der Waals surface area (Å²) in [6.45, 7) is 5.77. The summed E-state index contributed by atoms with van der Waals surface area (Å²) in [6.07, 6.45) is 1.61. The lowest BCUT2D eigenvalue weighted by atomic mass is 10.0. The minimum Gasteiger partial charge on any atom is -0.491 e. The first-order valence-electron chi connectivity index (χ1n) is 10.5. The molecule has 158 valence electrons. The van der Waals surface area contributed by atoms with E-state index in [4.69, 9.17) is 9.72 Å². The SMILES string of the molecule is CC(C)c1ccccc1OCCn1c(CNC(=O)c2ccccn2)nc2ccccc21. The van der Waals surface area contributed by atoms with Crippen molar-refractivity contribution in [1.82, 2.24) is 19.9 Å². The first-order chi connectivity index (χ1) is 15.1. The van der Waals surface area contributed by atoms with Gasteiger partial charge in [-0.2, -0.15) is 0 Å². The topological polar surface area (TPSA) is 69.0 Å². The van der Waals surface area contributed by atoms with Crippen molar-refractivity contribution in [2.24, 2.45) is 0 Å². The Morgan fingerprint density at radius 3 is 2.61 bits per heavy atom. The van der Waals surface area contributed by atoms with E-state index in [1.54, 1.807) is 24.4 Å². The Morgan fingerprint density at radius 1 is 1.03 bits per heavy atom. The number of carbonyl (C=O) groups excluding carboxylic acids is 1. The average molecular weight is 415 g/mol. The van der Waals surface area contributed by atoms with Crippen LogP contribution in [0, 0.1) is 0 Å². The summed E-state index contributed by atoms with van der Waals surface area (Å²) >= 11 is 0. The minimum atomic E-state index is -0.221. The number of rotatable bonds is 8. The lowest BCUT2D eigenvalue weighted by molar-refractivity contribution is 0.0944. The minimum absolute atomic E-state index is 0.221. The van der Waals surface area contributed by atoms with Gasteiger partial charge in [0.05, 0.1) is 24.1 Å². The number of nitrogens with one attached hydrogen (secondary N) is 1. The van der Waals surface area contributed by atoms with Crippen molar-refractivity contribution < 1.29 is 9.53 Å². The van der Waals surface area contributed by atoms with Crippen molar-refractivity contribution in [1.29, 1.82) is 0 Å². The van der Waals surface area contributed by atoms with Crippen molar-refractivity contribution in [3.63, 3.8) is 0 Å². The molecule has 0 unspecified atom stereocenters. The number of carbonyl (C=O) groups is 1. The molecule has 0 bridgehead atoms. The lowest BCUT2D eigenvalue weighted by Gasteiger charge is -2.15. The van der Waals surface area contributed by atoms with Crippen LogP contribution in [0.2, 0.25) is 0 Å². The molecule has 2 aromatic heterocycles. The summed E-state index contributed by atoms with van der Waals surface area (Å²) in [5, 5.41) is 2.92. The average Bonchev–Trinajstić information content (AvgIpc) is 3.16. The highest BCUT2D eigenvalue weighted by molar-refractivity contribution is 5.92. The van der Waals surface area contributed by atoms with Gasteiger partial charge >= 0.3 is 0 Å². The number of hydrogen-bond acceptors (Lipinski definition) is 4. The number of pyridine rings is 1. The summed E-state index contributed by atoms with van der Waals surface area (Å²) in [4.78, 5) is 21.2. The highest BCUT2D eigenvalue weighted by atomic mass is 16.5. The van der Waals surface area contributed by atoms with Crippen LogP contribution < -0.4 is 10.1 Å². The van der Waals surface area contributed by atoms with E-state index in [9.17, 15) is 4.79 Å². The fourth-order valence-corrected chi connectivity index (χ4v) is 3.59. The number of ether oxygens (including phenoxy) is 1. The molecule has 0 spiro atoms. The highest BCUT2D eigenvalue weighted by Gasteiger charge is 2.13. The zero-order valence-corrected chi connectivity index (χ0v) is 17.8. The van der Waals surface area contributed by atoms with Crippen LogP contribution in [0.25, 0.3) is 11.0 Å². The Labute approximate surface area is 181 Å². The zero-order chi connectivity index (χ0) is 21.6. The summed E-state index contributed by atoms with van der Waals surface area (Å²) in [7, 11) is 0. The quantitative estimate of drug-likeness (QED) is 0.459. The molecule has 4 aromatic rings. The molecule has 0 atom stereocenters. The number of aromatic nitrogens is 3. The predicted octanol–water partition coefficient (Wildman–Crippen LogP) is 4.56. The summed E-state index contributed by atoms with van der Waals surface area (Å²) in [5.41, 5.74) is 3.50. The number of benzene rings is 2. The van der Waals surface area contributed by atoms with Crippen LogP contribution in [0.5, 0.6) is 5.75 Å². The van der Waals surface area contributed by atoms with Crippen LogP contribution in [0.15, 0.2) is 72.9 Å². The van der Waals surface area contributed by atoms with Crippen LogP contribution in [0.4, 0.5) is 0 Å². The molecule has 4 rings (SSSR count). The van der Waals surface area contributed by atoms with E-state index in [-0.39, 0.29) is 5.91 Å². The number of nitrogens with zero attached hydrogens (tertiary/aromatic N) is 3. The Hall–Kier alpha value is -3.67. The number of imidazole rings is 1. The Balaban J connectivity index is 1.50. The molecule has 0 aliphatic carbocycles. The summed E-state index contributed by atoms with van der Waals surface area (Å²) in [6, 6.07) is 21.4. The maximum atomic E-state index is 12.4. The maximum absolute atomic E-state index is 12.4. The zero-order valence-electron chi connectivity index (χ0n) is 17.8. The molecule has 0 saturated heterocycles. The van der Waals surface area contributed by atoms with E-state index in [0.717, 1.165) is 22.6 Å². The smallest absolute Gasteiger partial charge is 0.270 e.